The summed E-state index contributed by atoms with van der Waals surface area (Å²) in [5.41, 5.74) is 1.19. The third-order valence-corrected chi connectivity index (χ3v) is 2.82. The molecule has 3 unspecified atom stereocenters. The predicted molar refractivity (Wildman–Crippen MR) is 63.8 cm³/mol. The second-order valence-electron chi connectivity index (χ2n) is 4.35. The largest absolute Gasteiger partial charge is 0.290 e. The smallest absolute Gasteiger partial charge is 0.0704 e. The molecule has 1 rings (SSSR count). The van der Waals surface area contributed by atoms with Crippen LogP contribution in [0.15, 0.2) is 29.3 Å². The monoisotopic (exact) mass is 191 g/mol. The van der Waals surface area contributed by atoms with Gasteiger partial charge in [-0.2, -0.15) is 0 Å². The van der Waals surface area contributed by atoms with Crippen molar-refractivity contribution in [1.29, 1.82) is 0 Å². The van der Waals surface area contributed by atoms with E-state index in [1.807, 2.05) is 0 Å². The van der Waals surface area contributed by atoms with E-state index in [9.17, 15) is 0 Å². The minimum atomic E-state index is 0.370. The first-order valence-corrected chi connectivity index (χ1v) is 5.52. The molecular formula is C13H21N. The summed E-state index contributed by atoms with van der Waals surface area (Å²) in [6, 6.07) is 0.370. The topological polar surface area (TPSA) is 12.4 Å². The zero-order chi connectivity index (χ0) is 10.6. The summed E-state index contributed by atoms with van der Waals surface area (Å²) in [7, 11) is 0. The van der Waals surface area contributed by atoms with Crippen LogP contribution < -0.4 is 0 Å². The zero-order valence-electron chi connectivity index (χ0n) is 9.53. The van der Waals surface area contributed by atoms with Gasteiger partial charge in [0.1, 0.15) is 0 Å². The molecule has 78 valence electrons. The molecule has 0 aromatic heterocycles. The molecule has 0 amide bonds. The molecule has 1 aliphatic heterocycles. The van der Waals surface area contributed by atoms with Gasteiger partial charge in [0, 0.05) is 6.21 Å². The van der Waals surface area contributed by atoms with Crippen LogP contribution in [-0.2, 0) is 0 Å². The van der Waals surface area contributed by atoms with Crippen LogP contribution in [0.2, 0.25) is 0 Å². The fraction of sp³-hybridized carbons (Fsp3) is 0.615. The van der Waals surface area contributed by atoms with E-state index in [1.165, 1.54) is 12.0 Å². The van der Waals surface area contributed by atoms with E-state index >= 15 is 0 Å². The number of rotatable bonds is 3. The van der Waals surface area contributed by atoms with Crippen molar-refractivity contribution in [2.45, 2.75) is 39.7 Å². The van der Waals surface area contributed by atoms with Crippen molar-refractivity contribution in [3.63, 3.8) is 0 Å². The van der Waals surface area contributed by atoms with E-state index in [-0.39, 0.29) is 0 Å². The Hall–Kier alpha value is -0.850. The van der Waals surface area contributed by atoms with Crippen LogP contribution in [0.25, 0.3) is 0 Å². The van der Waals surface area contributed by atoms with Gasteiger partial charge < -0.3 is 0 Å². The molecule has 0 saturated carbocycles. The second-order valence-corrected chi connectivity index (χ2v) is 4.35. The Labute approximate surface area is 87.6 Å². The Balaban J connectivity index is 2.56. The molecule has 1 aliphatic rings. The molecule has 0 aromatic rings. The lowest BCUT2D eigenvalue weighted by Crippen LogP contribution is -2.22. The highest BCUT2D eigenvalue weighted by Crippen LogP contribution is 2.22. The summed E-state index contributed by atoms with van der Waals surface area (Å²) in [6.45, 7) is 10.6. The quantitative estimate of drug-likeness (QED) is 0.604. The molecule has 1 heteroatoms. The van der Waals surface area contributed by atoms with E-state index in [1.54, 1.807) is 0 Å². The molecule has 0 spiro atoms. The van der Waals surface area contributed by atoms with Gasteiger partial charge in [-0.25, -0.2) is 0 Å². The minimum absolute atomic E-state index is 0.370. The van der Waals surface area contributed by atoms with Crippen LogP contribution in [0.3, 0.4) is 0 Å². The maximum absolute atomic E-state index is 4.54. The van der Waals surface area contributed by atoms with Gasteiger partial charge in [0.05, 0.1) is 6.04 Å². The SMILES string of the molecule is C=C(/C=C\C1N=CC(C)CC1C)CC. The molecule has 1 heterocycles. The first kappa shape index (κ1) is 11.2. The van der Waals surface area contributed by atoms with Crippen molar-refractivity contribution in [2.24, 2.45) is 16.8 Å². The summed E-state index contributed by atoms with van der Waals surface area (Å²) in [5.74, 6) is 1.31. The highest BCUT2D eigenvalue weighted by Gasteiger charge is 2.19. The van der Waals surface area contributed by atoms with E-state index in [0.29, 0.717) is 17.9 Å². The van der Waals surface area contributed by atoms with Gasteiger partial charge in [-0.1, -0.05) is 45.1 Å². The Kier molecular flexibility index (Phi) is 4.12. The van der Waals surface area contributed by atoms with Crippen molar-refractivity contribution < 1.29 is 0 Å². The summed E-state index contributed by atoms with van der Waals surface area (Å²) < 4.78 is 0. The number of hydrogen-bond donors (Lipinski definition) is 0. The Morgan fingerprint density at radius 3 is 2.86 bits per heavy atom. The number of nitrogens with zero attached hydrogens (tertiary/aromatic N) is 1. The molecule has 1 nitrogen and oxygen atoms in total. The van der Waals surface area contributed by atoms with Crippen LogP contribution in [0.4, 0.5) is 0 Å². The van der Waals surface area contributed by atoms with Crippen molar-refractivity contribution in [1.82, 2.24) is 0 Å². The van der Waals surface area contributed by atoms with Gasteiger partial charge in [-0.3, -0.25) is 4.99 Å². The maximum atomic E-state index is 4.54. The van der Waals surface area contributed by atoms with E-state index < -0.39 is 0 Å². The molecule has 0 saturated heterocycles. The molecule has 0 fully saturated rings. The minimum Gasteiger partial charge on any atom is -0.290 e. The first-order chi connectivity index (χ1) is 6.63. The van der Waals surface area contributed by atoms with Gasteiger partial charge in [-0.15, -0.1) is 0 Å². The second kappa shape index (κ2) is 5.14. The van der Waals surface area contributed by atoms with Crippen molar-refractivity contribution in [2.75, 3.05) is 0 Å². The maximum Gasteiger partial charge on any atom is 0.0704 e. The van der Waals surface area contributed by atoms with Crippen LogP contribution in [-0.4, -0.2) is 12.3 Å². The molecule has 0 N–H and O–H groups in total. The molecule has 3 atom stereocenters. The average Bonchev–Trinajstić information content (AvgIpc) is 2.16. The van der Waals surface area contributed by atoms with Crippen LogP contribution >= 0.6 is 0 Å². The van der Waals surface area contributed by atoms with E-state index in [0.717, 1.165) is 6.42 Å². The van der Waals surface area contributed by atoms with Gasteiger partial charge >= 0.3 is 0 Å². The molecule has 14 heavy (non-hydrogen) atoms. The molecule has 0 radical (unpaired) electrons. The molecule has 0 aromatic carbocycles. The summed E-state index contributed by atoms with van der Waals surface area (Å²) in [5, 5.41) is 0. The van der Waals surface area contributed by atoms with Gasteiger partial charge in [0.2, 0.25) is 0 Å². The van der Waals surface area contributed by atoms with Crippen LogP contribution in [0, 0.1) is 11.8 Å². The normalized spacial score (nSPS) is 32.4. The number of allylic oxidation sites excluding steroid dienone is 2. The highest BCUT2D eigenvalue weighted by atomic mass is 14.8. The Bertz CT molecular complexity index is 250. The highest BCUT2D eigenvalue weighted by molar-refractivity contribution is 5.61. The fourth-order valence-corrected chi connectivity index (χ4v) is 1.77. The van der Waals surface area contributed by atoms with E-state index in [4.69, 9.17) is 0 Å². The van der Waals surface area contributed by atoms with Crippen molar-refractivity contribution in [3.05, 3.63) is 24.3 Å². The third kappa shape index (κ3) is 3.13. The van der Waals surface area contributed by atoms with Gasteiger partial charge in [0.25, 0.3) is 0 Å². The lowest BCUT2D eigenvalue weighted by molar-refractivity contribution is 0.423. The molecular weight excluding hydrogens is 170 g/mol. The van der Waals surface area contributed by atoms with Crippen molar-refractivity contribution in [3.8, 4) is 0 Å². The lowest BCUT2D eigenvalue weighted by Gasteiger charge is -2.24. The summed E-state index contributed by atoms with van der Waals surface area (Å²) in [6.07, 6.45) is 8.67. The predicted octanol–water partition coefficient (Wildman–Crippen LogP) is 3.62. The molecule has 0 aliphatic carbocycles. The summed E-state index contributed by atoms with van der Waals surface area (Å²) >= 11 is 0. The standard InChI is InChI=1S/C13H21N/c1-5-10(2)6-7-13-12(4)8-11(3)9-14-13/h6-7,9,11-13H,2,5,8H2,1,3-4H3/b7-6-. The lowest BCUT2D eigenvalue weighted by atomic mass is 9.88. The average molecular weight is 191 g/mol. The fourth-order valence-electron chi connectivity index (χ4n) is 1.77. The summed E-state index contributed by atoms with van der Waals surface area (Å²) in [4.78, 5) is 4.54. The first-order valence-electron chi connectivity index (χ1n) is 5.52. The number of aliphatic imine (C=N–C) groups is 1. The van der Waals surface area contributed by atoms with E-state index in [2.05, 4.69) is 50.7 Å². The van der Waals surface area contributed by atoms with Crippen LogP contribution in [0.1, 0.15) is 33.6 Å². The van der Waals surface area contributed by atoms with Gasteiger partial charge in [0.15, 0.2) is 0 Å². The number of hydrogen-bond acceptors (Lipinski definition) is 1. The van der Waals surface area contributed by atoms with Crippen molar-refractivity contribution >= 4 is 6.21 Å². The Morgan fingerprint density at radius 2 is 2.29 bits per heavy atom. The Morgan fingerprint density at radius 1 is 1.57 bits per heavy atom. The molecule has 0 bridgehead atoms. The van der Waals surface area contributed by atoms with Gasteiger partial charge in [-0.05, 0) is 24.7 Å². The third-order valence-electron chi connectivity index (χ3n) is 2.82. The van der Waals surface area contributed by atoms with Crippen LogP contribution in [0.5, 0.6) is 0 Å². The zero-order valence-corrected chi connectivity index (χ0v) is 9.53.